The van der Waals surface area contributed by atoms with E-state index in [2.05, 4.69) is 10.5 Å². The molecule has 0 saturated carbocycles. The second-order valence-electron chi connectivity index (χ2n) is 4.98. The molecule has 1 atom stereocenters. The van der Waals surface area contributed by atoms with Gasteiger partial charge in [0.15, 0.2) is 0 Å². The summed E-state index contributed by atoms with van der Waals surface area (Å²) >= 11 is 0. The number of hydrogen-bond acceptors (Lipinski definition) is 3. The molecule has 1 aliphatic rings. The summed E-state index contributed by atoms with van der Waals surface area (Å²) in [7, 11) is 0. The molecule has 5 heteroatoms. The molecule has 2 rings (SSSR count). The fourth-order valence-electron chi connectivity index (χ4n) is 1.75. The van der Waals surface area contributed by atoms with Crippen molar-refractivity contribution < 1.29 is 14.0 Å². The highest BCUT2D eigenvalue weighted by molar-refractivity contribution is 6.04. The zero-order valence-electron chi connectivity index (χ0n) is 11.0. The first-order chi connectivity index (χ1) is 9.06. The van der Waals surface area contributed by atoms with Gasteiger partial charge in [-0.2, -0.15) is 0 Å². The fourth-order valence-corrected chi connectivity index (χ4v) is 1.75. The maximum Gasteiger partial charge on any atom is 0.264 e. The van der Waals surface area contributed by atoms with E-state index in [0.717, 1.165) is 5.56 Å². The predicted molar refractivity (Wildman–Crippen MR) is 70.3 cm³/mol. The highest BCUT2D eigenvalue weighted by atomic mass is 19.1. The van der Waals surface area contributed by atoms with Crippen LogP contribution in [0.25, 0.3) is 0 Å². The average molecular weight is 264 g/mol. The van der Waals surface area contributed by atoms with Crippen molar-refractivity contribution in [3.63, 3.8) is 0 Å². The molecule has 0 radical (unpaired) electrons. The van der Waals surface area contributed by atoms with E-state index in [0.29, 0.717) is 24.6 Å². The molecular formula is C14H17FN2O2. The first kappa shape index (κ1) is 13.5. The fraction of sp³-hybridized carbons (Fsp3) is 0.429. The van der Waals surface area contributed by atoms with Gasteiger partial charge in [-0.25, -0.2) is 4.39 Å². The number of hydrogen-bond donors (Lipinski definition) is 1. The van der Waals surface area contributed by atoms with Gasteiger partial charge in [-0.3, -0.25) is 4.79 Å². The Morgan fingerprint density at radius 3 is 2.79 bits per heavy atom. The zero-order valence-corrected chi connectivity index (χ0v) is 11.0. The lowest BCUT2D eigenvalue weighted by atomic mass is 10.0. The van der Waals surface area contributed by atoms with E-state index in [-0.39, 0.29) is 11.7 Å². The molecule has 1 aromatic rings. The SMILES string of the molecule is CC(C)CNC(=O)[C@@H]1CC(c2ccc(F)cc2)=NO1. The summed E-state index contributed by atoms with van der Waals surface area (Å²) in [5.41, 5.74) is 1.45. The summed E-state index contributed by atoms with van der Waals surface area (Å²) in [6, 6.07) is 5.99. The maximum atomic E-state index is 12.8. The van der Waals surface area contributed by atoms with Crippen LogP contribution in [0.1, 0.15) is 25.8 Å². The van der Waals surface area contributed by atoms with E-state index < -0.39 is 6.10 Å². The Morgan fingerprint density at radius 2 is 2.16 bits per heavy atom. The van der Waals surface area contributed by atoms with Crippen LogP contribution >= 0.6 is 0 Å². The molecule has 0 bridgehead atoms. The van der Waals surface area contributed by atoms with Crippen LogP contribution in [-0.2, 0) is 9.63 Å². The Hall–Kier alpha value is -1.91. The summed E-state index contributed by atoms with van der Waals surface area (Å²) in [5, 5.41) is 6.71. The number of nitrogens with one attached hydrogen (secondary N) is 1. The number of nitrogens with zero attached hydrogens (tertiary/aromatic N) is 1. The number of rotatable bonds is 4. The van der Waals surface area contributed by atoms with Gasteiger partial charge in [0.25, 0.3) is 5.91 Å². The average Bonchev–Trinajstić information content (AvgIpc) is 2.86. The molecule has 1 amide bonds. The van der Waals surface area contributed by atoms with Crippen LogP contribution in [0.2, 0.25) is 0 Å². The molecule has 4 nitrogen and oxygen atoms in total. The second kappa shape index (κ2) is 5.82. The molecule has 0 spiro atoms. The molecule has 102 valence electrons. The van der Waals surface area contributed by atoms with Crippen molar-refractivity contribution in [3.05, 3.63) is 35.6 Å². The van der Waals surface area contributed by atoms with Crippen molar-refractivity contribution in [2.75, 3.05) is 6.54 Å². The van der Waals surface area contributed by atoms with Crippen LogP contribution in [-0.4, -0.2) is 24.3 Å². The van der Waals surface area contributed by atoms with E-state index in [9.17, 15) is 9.18 Å². The highest BCUT2D eigenvalue weighted by Gasteiger charge is 2.28. The van der Waals surface area contributed by atoms with Gasteiger partial charge in [-0.1, -0.05) is 31.1 Å². The quantitative estimate of drug-likeness (QED) is 0.905. The summed E-state index contributed by atoms with van der Waals surface area (Å²) in [6.45, 7) is 4.66. The lowest BCUT2D eigenvalue weighted by Gasteiger charge is -2.10. The van der Waals surface area contributed by atoms with Gasteiger partial charge < -0.3 is 10.2 Å². The van der Waals surface area contributed by atoms with Crippen molar-refractivity contribution in [1.29, 1.82) is 0 Å². The van der Waals surface area contributed by atoms with E-state index in [1.807, 2.05) is 13.8 Å². The topological polar surface area (TPSA) is 50.7 Å². The Labute approximate surface area is 111 Å². The standard InChI is InChI=1S/C14H17FN2O2/c1-9(2)8-16-14(18)13-7-12(17-19-13)10-3-5-11(15)6-4-10/h3-6,9,13H,7-8H2,1-2H3,(H,16,18)/t13-/m0/s1. The summed E-state index contributed by atoms with van der Waals surface area (Å²) in [5.74, 6) is -0.0631. The van der Waals surface area contributed by atoms with Crippen LogP contribution in [0.4, 0.5) is 4.39 Å². The lowest BCUT2D eigenvalue weighted by molar-refractivity contribution is -0.131. The third-order valence-corrected chi connectivity index (χ3v) is 2.82. The van der Waals surface area contributed by atoms with Crippen molar-refractivity contribution >= 4 is 11.6 Å². The van der Waals surface area contributed by atoms with Crippen LogP contribution < -0.4 is 5.32 Å². The Balaban J connectivity index is 1.92. The van der Waals surface area contributed by atoms with E-state index in [1.54, 1.807) is 12.1 Å². The number of oxime groups is 1. The van der Waals surface area contributed by atoms with Gasteiger partial charge in [0.1, 0.15) is 5.82 Å². The normalized spacial score (nSPS) is 18.1. The molecule has 0 aliphatic carbocycles. The number of amides is 1. The first-order valence-corrected chi connectivity index (χ1v) is 6.32. The van der Waals surface area contributed by atoms with Gasteiger partial charge in [0.2, 0.25) is 6.10 Å². The van der Waals surface area contributed by atoms with E-state index in [1.165, 1.54) is 12.1 Å². The van der Waals surface area contributed by atoms with Crippen molar-refractivity contribution in [1.82, 2.24) is 5.32 Å². The largest absolute Gasteiger partial charge is 0.382 e. The minimum absolute atomic E-state index is 0.158. The third-order valence-electron chi connectivity index (χ3n) is 2.82. The molecular weight excluding hydrogens is 247 g/mol. The molecule has 1 aliphatic heterocycles. The minimum atomic E-state index is -0.584. The Bertz CT molecular complexity index is 483. The number of halogens is 1. The molecule has 1 heterocycles. The predicted octanol–water partition coefficient (Wildman–Crippen LogP) is 2.09. The molecule has 0 unspecified atom stereocenters. The van der Waals surface area contributed by atoms with Gasteiger partial charge in [-0.05, 0) is 23.6 Å². The van der Waals surface area contributed by atoms with E-state index in [4.69, 9.17) is 4.84 Å². The van der Waals surface area contributed by atoms with Crippen LogP contribution in [0.5, 0.6) is 0 Å². The zero-order chi connectivity index (χ0) is 13.8. The van der Waals surface area contributed by atoms with Crippen molar-refractivity contribution in [2.24, 2.45) is 11.1 Å². The smallest absolute Gasteiger partial charge is 0.264 e. The Morgan fingerprint density at radius 1 is 1.47 bits per heavy atom. The lowest BCUT2D eigenvalue weighted by Crippen LogP contribution is -2.36. The van der Waals surface area contributed by atoms with Gasteiger partial charge in [0.05, 0.1) is 5.71 Å². The third kappa shape index (κ3) is 3.53. The minimum Gasteiger partial charge on any atom is -0.382 e. The number of carbonyl (C=O) groups is 1. The highest BCUT2D eigenvalue weighted by Crippen LogP contribution is 2.17. The summed E-state index contributed by atoms with van der Waals surface area (Å²) < 4.78 is 12.8. The van der Waals surface area contributed by atoms with Gasteiger partial charge >= 0.3 is 0 Å². The van der Waals surface area contributed by atoms with Crippen LogP contribution in [0.15, 0.2) is 29.4 Å². The molecule has 1 aromatic carbocycles. The number of carbonyl (C=O) groups excluding carboxylic acids is 1. The van der Waals surface area contributed by atoms with Gasteiger partial charge in [-0.15, -0.1) is 0 Å². The second-order valence-corrected chi connectivity index (χ2v) is 4.98. The molecule has 19 heavy (non-hydrogen) atoms. The first-order valence-electron chi connectivity index (χ1n) is 6.32. The summed E-state index contributed by atoms with van der Waals surface area (Å²) in [6.07, 6.45) is -0.172. The summed E-state index contributed by atoms with van der Waals surface area (Å²) in [4.78, 5) is 16.9. The van der Waals surface area contributed by atoms with Crippen LogP contribution in [0.3, 0.4) is 0 Å². The van der Waals surface area contributed by atoms with Crippen molar-refractivity contribution in [2.45, 2.75) is 26.4 Å². The Kier molecular flexibility index (Phi) is 4.14. The molecule has 0 fully saturated rings. The van der Waals surface area contributed by atoms with E-state index >= 15 is 0 Å². The maximum absolute atomic E-state index is 12.8. The molecule has 1 N–H and O–H groups in total. The molecule has 0 saturated heterocycles. The van der Waals surface area contributed by atoms with Crippen LogP contribution in [0, 0.1) is 11.7 Å². The monoisotopic (exact) mass is 264 g/mol. The van der Waals surface area contributed by atoms with Gasteiger partial charge in [0, 0.05) is 13.0 Å². The number of benzene rings is 1. The molecule has 0 aromatic heterocycles. The van der Waals surface area contributed by atoms with Crippen molar-refractivity contribution in [3.8, 4) is 0 Å².